The number of hydrogen-bond donors (Lipinski definition) is 1. The Kier molecular flexibility index (Phi) is 7.04. The zero-order valence-electron chi connectivity index (χ0n) is 17.5. The molecule has 5 heteroatoms. The van der Waals surface area contributed by atoms with E-state index in [-0.39, 0.29) is 23.8 Å². The standard InChI is InChI=1S/C24H31N3O2/c1-18(2)22(25-19(3)28)24(29)27-16-14-26(15-17-27)23(20-10-6-4-7-11-20)21-12-8-5-9-13-21/h4-13,18,22-23H,14-17H2,1-3H3,(H,25,28). The van der Waals surface area contributed by atoms with Crippen LogP contribution in [0.1, 0.15) is 37.9 Å². The van der Waals surface area contributed by atoms with E-state index in [4.69, 9.17) is 0 Å². The molecule has 2 aromatic rings. The van der Waals surface area contributed by atoms with Gasteiger partial charge in [0.15, 0.2) is 0 Å². The number of benzene rings is 2. The summed E-state index contributed by atoms with van der Waals surface area (Å²) in [5.41, 5.74) is 2.52. The van der Waals surface area contributed by atoms with E-state index < -0.39 is 6.04 Å². The molecule has 1 heterocycles. The minimum Gasteiger partial charge on any atom is -0.344 e. The van der Waals surface area contributed by atoms with E-state index >= 15 is 0 Å². The van der Waals surface area contributed by atoms with Crippen molar-refractivity contribution < 1.29 is 9.59 Å². The highest BCUT2D eigenvalue weighted by Gasteiger charge is 2.32. The summed E-state index contributed by atoms with van der Waals surface area (Å²) in [6.45, 7) is 8.32. The van der Waals surface area contributed by atoms with Crippen LogP contribution in [0.2, 0.25) is 0 Å². The summed E-state index contributed by atoms with van der Waals surface area (Å²) in [6, 6.07) is 20.8. The highest BCUT2D eigenvalue weighted by Crippen LogP contribution is 2.29. The fraction of sp³-hybridized carbons (Fsp3) is 0.417. The Morgan fingerprint density at radius 2 is 1.31 bits per heavy atom. The summed E-state index contributed by atoms with van der Waals surface area (Å²) in [6.07, 6.45) is 0. The molecular formula is C24H31N3O2. The van der Waals surface area contributed by atoms with E-state index in [1.807, 2.05) is 30.9 Å². The van der Waals surface area contributed by atoms with Crippen LogP contribution >= 0.6 is 0 Å². The molecule has 0 radical (unpaired) electrons. The van der Waals surface area contributed by atoms with Crippen molar-refractivity contribution in [1.82, 2.24) is 15.1 Å². The first-order chi connectivity index (χ1) is 14.0. The molecule has 1 unspecified atom stereocenters. The molecule has 0 aromatic heterocycles. The van der Waals surface area contributed by atoms with Gasteiger partial charge in [-0.2, -0.15) is 0 Å². The second-order valence-electron chi connectivity index (χ2n) is 8.01. The van der Waals surface area contributed by atoms with Gasteiger partial charge in [-0.3, -0.25) is 14.5 Å². The number of nitrogens with zero attached hydrogens (tertiary/aromatic N) is 2. The fourth-order valence-electron chi connectivity index (χ4n) is 4.01. The Morgan fingerprint density at radius 1 is 0.828 bits per heavy atom. The normalized spacial score (nSPS) is 16.1. The Morgan fingerprint density at radius 3 is 1.72 bits per heavy atom. The Labute approximate surface area is 173 Å². The van der Waals surface area contributed by atoms with Crippen LogP contribution in [0.25, 0.3) is 0 Å². The SMILES string of the molecule is CC(=O)NC(C(=O)N1CCN(C(c2ccccc2)c2ccccc2)CC1)C(C)C. The Bertz CT molecular complexity index is 760. The molecule has 0 saturated carbocycles. The van der Waals surface area contributed by atoms with Gasteiger partial charge in [0.25, 0.3) is 0 Å². The van der Waals surface area contributed by atoms with Crippen LogP contribution in [-0.4, -0.2) is 53.8 Å². The predicted molar refractivity (Wildman–Crippen MR) is 115 cm³/mol. The van der Waals surface area contributed by atoms with Crippen molar-refractivity contribution in [2.45, 2.75) is 32.9 Å². The fourth-order valence-corrected chi connectivity index (χ4v) is 4.01. The summed E-state index contributed by atoms with van der Waals surface area (Å²) in [7, 11) is 0. The van der Waals surface area contributed by atoms with Gasteiger partial charge in [-0.05, 0) is 17.0 Å². The van der Waals surface area contributed by atoms with Gasteiger partial charge in [0.05, 0.1) is 6.04 Å². The largest absolute Gasteiger partial charge is 0.344 e. The van der Waals surface area contributed by atoms with Crippen molar-refractivity contribution in [2.75, 3.05) is 26.2 Å². The van der Waals surface area contributed by atoms with Crippen LogP contribution < -0.4 is 5.32 Å². The van der Waals surface area contributed by atoms with Crippen molar-refractivity contribution in [3.8, 4) is 0 Å². The van der Waals surface area contributed by atoms with Gasteiger partial charge in [0.2, 0.25) is 11.8 Å². The van der Waals surface area contributed by atoms with E-state index in [0.717, 1.165) is 13.1 Å². The average molecular weight is 394 g/mol. The smallest absolute Gasteiger partial charge is 0.245 e. The predicted octanol–water partition coefficient (Wildman–Crippen LogP) is 3.08. The Hall–Kier alpha value is -2.66. The summed E-state index contributed by atoms with van der Waals surface area (Å²) in [4.78, 5) is 28.8. The van der Waals surface area contributed by atoms with E-state index in [1.54, 1.807) is 0 Å². The lowest BCUT2D eigenvalue weighted by Gasteiger charge is -2.41. The van der Waals surface area contributed by atoms with Crippen LogP contribution in [-0.2, 0) is 9.59 Å². The summed E-state index contributed by atoms with van der Waals surface area (Å²) < 4.78 is 0. The van der Waals surface area contributed by atoms with Gasteiger partial charge < -0.3 is 10.2 Å². The maximum absolute atomic E-state index is 13.0. The number of rotatable bonds is 6. The van der Waals surface area contributed by atoms with Gasteiger partial charge in [0.1, 0.15) is 6.04 Å². The molecule has 1 aliphatic heterocycles. The quantitative estimate of drug-likeness (QED) is 0.821. The van der Waals surface area contributed by atoms with Crippen LogP contribution in [0.3, 0.4) is 0 Å². The molecule has 3 rings (SSSR count). The molecule has 1 saturated heterocycles. The van der Waals surface area contributed by atoms with Crippen LogP contribution in [0.4, 0.5) is 0 Å². The monoisotopic (exact) mass is 393 g/mol. The summed E-state index contributed by atoms with van der Waals surface area (Å²) in [5, 5.41) is 2.82. The van der Waals surface area contributed by atoms with Gasteiger partial charge in [-0.25, -0.2) is 0 Å². The van der Waals surface area contributed by atoms with E-state index in [2.05, 4.69) is 58.7 Å². The van der Waals surface area contributed by atoms with E-state index in [1.165, 1.54) is 18.1 Å². The minimum atomic E-state index is -0.460. The third kappa shape index (κ3) is 5.24. The number of piperazine rings is 1. The van der Waals surface area contributed by atoms with Gasteiger partial charge >= 0.3 is 0 Å². The maximum atomic E-state index is 13.0. The first-order valence-electron chi connectivity index (χ1n) is 10.4. The molecular weight excluding hydrogens is 362 g/mol. The lowest BCUT2D eigenvalue weighted by atomic mass is 9.96. The lowest BCUT2D eigenvalue weighted by molar-refractivity contribution is -0.139. The van der Waals surface area contributed by atoms with Crippen molar-refractivity contribution in [3.05, 3.63) is 71.8 Å². The molecule has 29 heavy (non-hydrogen) atoms. The van der Waals surface area contributed by atoms with Gasteiger partial charge in [0, 0.05) is 33.1 Å². The van der Waals surface area contributed by atoms with E-state index in [9.17, 15) is 9.59 Å². The van der Waals surface area contributed by atoms with Crippen molar-refractivity contribution >= 4 is 11.8 Å². The number of hydrogen-bond acceptors (Lipinski definition) is 3. The van der Waals surface area contributed by atoms with Crippen LogP contribution in [0, 0.1) is 5.92 Å². The number of amides is 2. The molecule has 2 aromatic carbocycles. The molecule has 1 fully saturated rings. The third-order valence-electron chi connectivity index (χ3n) is 5.51. The molecule has 1 N–H and O–H groups in total. The van der Waals surface area contributed by atoms with E-state index in [0.29, 0.717) is 13.1 Å². The van der Waals surface area contributed by atoms with Gasteiger partial charge in [-0.1, -0.05) is 74.5 Å². The first-order valence-corrected chi connectivity index (χ1v) is 10.4. The highest BCUT2D eigenvalue weighted by atomic mass is 16.2. The number of carbonyl (C=O) groups is 2. The topological polar surface area (TPSA) is 52.7 Å². The van der Waals surface area contributed by atoms with Crippen molar-refractivity contribution in [2.24, 2.45) is 5.92 Å². The third-order valence-corrected chi connectivity index (χ3v) is 5.51. The molecule has 2 amide bonds. The first kappa shape index (κ1) is 21.1. The Balaban J connectivity index is 1.73. The molecule has 1 atom stereocenters. The lowest BCUT2D eigenvalue weighted by Crippen LogP contribution is -2.56. The highest BCUT2D eigenvalue weighted by molar-refractivity contribution is 5.87. The van der Waals surface area contributed by atoms with Crippen LogP contribution in [0.5, 0.6) is 0 Å². The second-order valence-corrected chi connectivity index (χ2v) is 8.01. The summed E-state index contributed by atoms with van der Waals surface area (Å²) in [5.74, 6) is -0.0828. The average Bonchev–Trinajstić information content (AvgIpc) is 2.73. The van der Waals surface area contributed by atoms with Gasteiger partial charge in [-0.15, -0.1) is 0 Å². The molecule has 0 aliphatic carbocycles. The van der Waals surface area contributed by atoms with Crippen molar-refractivity contribution in [3.63, 3.8) is 0 Å². The molecule has 0 bridgehead atoms. The minimum absolute atomic E-state index is 0.0193. The molecule has 0 spiro atoms. The summed E-state index contributed by atoms with van der Waals surface area (Å²) >= 11 is 0. The molecule has 1 aliphatic rings. The molecule has 5 nitrogen and oxygen atoms in total. The zero-order valence-corrected chi connectivity index (χ0v) is 17.5. The number of nitrogens with one attached hydrogen (secondary N) is 1. The molecule has 154 valence electrons. The van der Waals surface area contributed by atoms with Crippen molar-refractivity contribution in [1.29, 1.82) is 0 Å². The second kappa shape index (κ2) is 9.70. The van der Waals surface area contributed by atoms with Crippen LogP contribution in [0.15, 0.2) is 60.7 Å². The zero-order chi connectivity index (χ0) is 20.8. The number of carbonyl (C=O) groups excluding carboxylic acids is 2. The maximum Gasteiger partial charge on any atom is 0.245 e.